The molecule has 1 amide bonds. The fourth-order valence-corrected chi connectivity index (χ4v) is 3.07. The van der Waals surface area contributed by atoms with Crippen molar-refractivity contribution < 1.29 is 14.3 Å². The number of morpholine rings is 1. The molecule has 0 unspecified atom stereocenters. The van der Waals surface area contributed by atoms with E-state index in [0.29, 0.717) is 0 Å². The highest BCUT2D eigenvalue weighted by Gasteiger charge is 2.11. The van der Waals surface area contributed by atoms with Gasteiger partial charge in [-0.3, -0.25) is 9.69 Å². The molecule has 1 fully saturated rings. The van der Waals surface area contributed by atoms with Crippen LogP contribution in [0.5, 0.6) is 5.75 Å². The summed E-state index contributed by atoms with van der Waals surface area (Å²) in [6.07, 6.45) is 0. The zero-order valence-corrected chi connectivity index (χ0v) is 15.5. The Balaban J connectivity index is 1.52. The SMILES string of the molecule is Cc1ccc(OCC(=O)Nc2cccc(CN3CCOCC3)c2)c(C)c1. The third-order valence-corrected chi connectivity index (χ3v) is 4.41. The summed E-state index contributed by atoms with van der Waals surface area (Å²) < 4.78 is 11.0. The van der Waals surface area contributed by atoms with Gasteiger partial charge >= 0.3 is 0 Å². The number of carbonyl (C=O) groups is 1. The van der Waals surface area contributed by atoms with Gasteiger partial charge in [-0.2, -0.15) is 0 Å². The van der Waals surface area contributed by atoms with Crippen molar-refractivity contribution >= 4 is 11.6 Å². The molecule has 1 aliphatic rings. The van der Waals surface area contributed by atoms with Crippen molar-refractivity contribution in [2.75, 3.05) is 38.2 Å². The number of rotatable bonds is 6. The number of amides is 1. The van der Waals surface area contributed by atoms with E-state index in [0.717, 1.165) is 49.8 Å². The third kappa shape index (κ3) is 5.31. The minimum atomic E-state index is -0.159. The summed E-state index contributed by atoms with van der Waals surface area (Å²) in [5, 5.41) is 2.91. The molecule has 0 saturated carbocycles. The van der Waals surface area contributed by atoms with Crippen LogP contribution in [0.3, 0.4) is 0 Å². The van der Waals surface area contributed by atoms with E-state index in [-0.39, 0.29) is 12.5 Å². The van der Waals surface area contributed by atoms with Gasteiger partial charge in [0.2, 0.25) is 0 Å². The first-order valence-electron chi connectivity index (χ1n) is 8.99. The topological polar surface area (TPSA) is 50.8 Å². The molecule has 2 aromatic carbocycles. The largest absolute Gasteiger partial charge is 0.483 e. The van der Waals surface area contributed by atoms with Crippen LogP contribution in [-0.2, 0) is 16.1 Å². The third-order valence-electron chi connectivity index (χ3n) is 4.41. The molecular weight excluding hydrogens is 328 g/mol. The Morgan fingerprint density at radius 1 is 1.15 bits per heavy atom. The van der Waals surface area contributed by atoms with E-state index in [1.54, 1.807) is 0 Å². The van der Waals surface area contributed by atoms with Gasteiger partial charge < -0.3 is 14.8 Å². The van der Waals surface area contributed by atoms with Crippen LogP contribution >= 0.6 is 0 Å². The number of nitrogens with zero attached hydrogens (tertiary/aromatic N) is 1. The van der Waals surface area contributed by atoms with Gasteiger partial charge in [-0.25, -0.2) is 0 Å². The van der Waals surface area contributed by atoms with Crippen LogP contribution in [0.15, 0.2) is 42.5 Å². The summed E-state index contributed by atoms with van der Waals surface area (Å²) in [4.78, 5) is 14.6. The zero-order chi connectivity index (χ0) is 18.4. The molecule has 0 spiro atoms. The van der Waals surface area contributed by atoms with E-state index in [9.17, 15) is 4.79 Å². The lowest BCUT2D eigenvalue weighted by Crippen LogP contribution is -2.35. The fourth-order valence-electron chi connectivity index (χ4n) is 3.07. The van der Waals surface area contributed by atoms with Crippen LogP contribution in [-0.4, -0.2) is 43.7 Å². The van der Waals surface area contributed by atoms with Crippen LogP contribution in [0.1, 0.15) is 16.7 Å². The second-order valence-electron chi connectivity index (χ2n) is 6.69. The maximum absolute atomic E-state index is 12.2. The van der Waals surface area contributed by atoms with Gasteiger partial charge in [-0.15, -0.1) is 0 Å². The van der Waals surface area contributed by atoms with E-state index in [4.69, 9.17) is 9.47 Å². The quantitative estimate of drug-likeness (QED) is 0.866. The number of carbonyl (C=O) groups excluding carboxylic acids is 1. The summed E-state index contributed by atoms with van der Waals surface area (Å²) in [7, 11) is 0. The predicted octanol–water partition coefficient (Wildman–Crippen LogP) is 3.15. The number of aryl methyl sites for hydroxylation is 2. The summed E-state index contributed by atoms with van der Waals surface area (Å²) >= 11 is 0. The molecule has 138 valence electrons. The Hall–Kier alpha value is -2.37. The molecule has 5 nitrogen and oxygen atoms in total. The lowest BCUT2D eigenvalue weighted by molar-refractivity contribution is -0.118. The van der Waals surface area contributed by atoms with Crippen molar-refractivity contribution in [3.63, 3.8) is 0 Å². The molecule has 26 heavy (non-hydrogen) atoms. The van der Waals surface area contributed by atoms with Crippen LogP contribution < -0.4 is 10.1 Å². The number of benzene rings is 2. The second kappa shape index (κ2) is 8.83. The van der Waals surface area contributed by atoms with Crippen LogP contribution in [0.2, 0.25) is 0 Å². The van der Waals surface area contributed by atoms with Crippen molar-refractivity contribution in [2.45, 2.75) is 20.4 Å². The maximum atomic E-state index is 12.2. The van der Waals surface area contributed by atoms with E-state index in [2.05, 4.69) is 16.3 Å². The Morgan fingerprint density at radius 2 is 1.96 bits per heavy atom. The highest BCUT2D eigenvalue weighted by atomic mass is 16.5. The molecule has 5 heteroatoms. The van der Waals surface area contributed by atoms with Crippen molar-refractivity contribution in [3.8, 4) is 5.75 Å². The van der Waals surface area contributed by atoms with E-state index >= 15 is 0 Å². The standard InChI is InChI=1S/C21H26N2O3/c1-16-6-7-20(17(2)12-16)26-15-21(24)22-19-5-3-4-18(13-19)14-23-8-10-25-11-9-23/h3-7,12-13H,8-11,14-15H2,1-2H3,(H,22,24). The smallest absolute Gasteiger partial charge is 0.262 e. The molecule has 0 aliphatic carbocycles. The average Bonchev–Trinajstić information content (AvgIpc) is 2.62. The number of hydrogen-bond acceptors (Lipinski definition) is 4. The number of nitrogens with one attached hydrogen (secondary N) is 1. The number of ether oxygens (including phenoxy) is 2. The first kappa shape index (κ1) is 18.4. The van der Waals surface area contributed by atoms with Crippen LogP contribution in [0, 0.1) is 13.8 Å². The highest BCUT2D eigenvalue weighted by Crippen LogP contribution is 2.19. The lowest BCUT2D eigenvalue weighted by atomic mass is 10.1. The summed E-state index contributed by atoms with van der Waals surface area (Å²) in [5.41, 5.74) is 4.19. The van der Waals surface area contributed by atoms with Crippen molar-refractivity contribution in [1.82, 2.24) is 4.90 Å². The molecule has 1 N–H and O–H groups in total. The molecule has 0 bridgehead atoms. The van der Waals surface area contributed by atoms with Gasteiger partial charge in [0, 0.05) is 25.3 Å². The van der Waals surface area contributed by atoms with Gasteiger partial charge in [0.15, 0.2) is 6.61 Å². The monoisotopic (exact) mass is 354 g/mol. The number of anilines is 1. The van der Waals surface area contributed by atoms with Gasteiger partial charge in [-0.1, -0.05) is 29.8 Å². The summed E-state index contributed by atoms with van der Waals surface area (Å²) in [5.74, 6) is 0.584. The van der Waals surface area contributed by atoms with E-state index in [1.807, 2.05) is 50.2 Å². The predicted molar refractivity (Wildman–Crippen MR) is 103 cm³/mol. The first-order chi connectivity index (χ1) is 12.6. The van der Waals surface area contributed by atoms with Crippen LogP contribution in [0.4, 0.5) is 5.69 Å². The molecule has 1 aliphatic heterocycles. The van der Waals surface area contributed by atoms with Crippen molar-refractivity contribution in [3.05, 3.63) is 59.2 Å². The van der Waals surface area contributed by atoms with E-state index < -0.39 is 0 Å². The van der Waals surface area contributed by atoms with Crippen molar-refractivity contribution in [2.24, 2.45) is 0 Å². The van der Waals surface area contributed by atoms with Gasteiger partial charge in [0.05, 0.1) is 13.2 Å². The minimum Gasteiger partial charge on any atom is -0.483 e. The Kier molecular flexibility index (Phi) is 6.26. The molecule has 3 rings (SSSR count). The van der Waals surface area contributed by atoms with E-state index in [1.165, 1.54) is 11.1 Å². The molecule has 1 heterocycles. The molecule has 0 aromatic heterocycles. The fraction of sp³-hybridized carbons (Fsp3) is 0.381. The lowest BCUT2D eigenvalue weighted by Gasteiger charge is -2.26. The minimum absolute atomic E-state index is 0.00239. The molecule has 0 radical (unpaired) electrons. The Bertz CT molecular complexity index is 755. The number of hydrogen-bond donors (Lipinski definition) is 1. The maximum Gasteiger partial charge on any atom is 0.262 e. The van der Waals surface area contributed by atoms with Gasteiger partial charge in [0.1, 0.15) is 5.75 Å². The average molecular weight is 354 g/mol. The Morgan fingerprint density at radius 3 is 2.73 bits per heavy atom. The normalized spacial score (nSPS) is 14.8. The van der Waals surface area contributed by atoms with Crippen LogP contribution in [0.25, 0.3) is 0 Å². The first-order valence-corrected chi connectivity index (χ1v) is 8.99. The second-order valence-corrected chi connectivity index (χ2v) is 6.69. The Labute approximate surface area is 154 Å². The van der Waals surface area contributed by atoms with Crippen molar-refractivity contribution in [1.29, 1.82) is 0 Å². The summed E-state index contributed by atoms with van der Waals surface area (Å²) in [6.45, 7) is 8.34. The van der Waals surface area contributed by atoms with Gasteiger partial charge in [0.25, 0.3) is 5.91 Å². The molecular formula is C21H26N2O3. The molecule has 0 atom stereocenters. The van der Waals surface area contributed by atoms with Gasteiger partial charge in [-0.05, 0) is 43.2 Å². The highest BCUT2D eigenvalue weighted by molar-refractivity contribution is 5.91. The summed E-state index contributed by atoms with van der Waals surface area (Å²) in [6, 6.07) is 13.9. The molecule has 1 saturated heterocycles. The zero-order valence-electron chi connectivity index (χ0n) is 15.5. The molecule has 2 aromatic rings.